The van der Waals surface area contributed by atoms with E-state index in [-0.39, 0.29) is 37.5 Å². The fourth-order valence-corrected chi connectivity index (χ4v) is 6.08. The number of ether oxygens (including phenoxy) is 2. The molecule has 0 fully saturated rings. The Labute approximate surface area is 316 Å². The highest BCUT2D eigenvalue weighted by Crippen LogP contribution is 2.32. The second-order valence-electron chi connectivity index (χ2n) is 13.2. The standard InChI is InChI=1S/C41H43F4N5O5/c1-5-54-31-18-16-30(17-19-31)50-38(46-35-14-10-9-13-32(35)39(50)52)36(21-22-48(4)40(53)55-27-28-11-7-6-8-12-28)49(24-23-47(2)3)37(51)26-29-15-20-33(34(42)25-29)41(43,44)45/h6-20,25,36H,5,21-24,26-27H2,1-4H3. The number of alkyl halides is 3. The highest BCUT2D eigenvalue weighted by molar-refractivity contribution is 5.80. The largest absolute Gasteiger partial charge is 0.494 e. The predicted octanol–water partition coefficient (Wildman–Crippen LogP) is 7.28. The van der Waals surface area contributed by atoms with Gasteiger partial charge in [0.05, 0.1) is 41.2 Å². The molecule has 0 N–H and O–H groups in total. The first-order valence-corrected chi connectivity index (χ1v) is 17.7. The summed E-state index contributed by atoms with van der Waals surface area (Å²) < 4.78 is 67.4. The Bertz CT molecular complexity index is 2140. The van der Waals surface area contributed by atoms with E-state index in [1.807, 2.05) is 56.3 Å². The molecule has 0 radical (unpaired) electrons. The van der Waals surface area contributed by atoms with Crippen molar-refractivity contribution in [3.63, 3.8) is 0 Å². The van der Waals surface area contributed by atoms with Crippen LogP contribution >= 0.6 is 0 Å². The maximum absolute atomic E-state index is 14.7. The Morgan fingerprint density at radius 3 is 2.20 bits per heavy atom. The molecule has 1 atom stereocenters. The average Bonchev–Trinajstić information content (AvgIpc) is 3.15. The number of carbonyl (C=O) groups is 2. The van der Waals surface area contributed by atoms with Crippen LogP contribution < -0.4 is 10.3 Å². The van der Waals surface area contributed by atoms with Crippen molar-refractivity contribution >= 4 is 22.9 Å². The van der Waals surface area contributed by atoms with Crippen molar-refractivity contribution in [2.45, 2.75) is 38.6 Å². The number of aromatic nitrogens is 2. The Morgan fingerprint density at radius 2 is 1.55 bits per heavy atom. The first-order valence-electron chi connectivity index (χ1n) is 17.7. The average molecular weight is 762 g/mol. The van der Waals surface area contributed by atoms with Crippen molar-refractivity contribution in [2.24, 2.45) is 0 Å². The zero-order valence-corrected chi connectivity index (χ0v) is 31.1. The number of hydrogen-bond donors (Lipinski definition) is 0. The summed E-state index contributed by atoms with van der Waals surface area (Å²) >= 11 is 0. The minimum absolute atomic E-state index is 0.0288. The zero-order valence-electron chi connectivity index (χ0n) is 31.1. The van der Waals surface area contributed by atoms with E-state index in [9.17, 15) is 31.9 Å². The van der Waals surface area contributed by atoms with Crippen LogP contribution in [0.1, 0.15) is 41.9 Å². The molecule has 14 heteroatoms. The van der Waals surface area contributed by atoms with E-state index in [2.05, 4.69) is 0 Å². The van der Waals surface area contributed by atoms with Crippen LogP contribution in [-0.4, -0.2) is 83.6 Å². The summed E-state index contributed by atoms with van der Waals surface area (Å²) in [5, 5.41) is 0.326. The molecule has 1 aromatic heterocycles. The first kappa shape index (κ1) is 40.4. The molecule has 55 heavy (non-hydrogen) atoms. The van der Waals surface area contributed by atoms with Crippen LogP contribution in [0.2, 0.25) is 0 Å². The molecule has 0 saturated carbocycles. The van der Waals surface area contributed by atoms with E-state index in [0.29, 0.717) is 47.6 Å². The minimum atomic E-state index is -4.91. The third-order valence-electron chi connectivity index (χ3n) is 8.94. The molecule has 1 heterocycles. The smallest absolute Gasteiger partial charge is 0.419 e. The second-order valence-corrected chi connectivity index (χ2v) is 13.2. The molecule has 0 spiro atoms. The zero-order chi connectivity index (χ0) is 39.7. The summed E-state index contributed by atoms with van der Waals surface area (Å²) in [5.74, 6) is -1.29. The Morgan fingerprint density at radius 1 is 0.855 bits per heavy atom. The van der Waals surface area contributed by atoms with Gasteiger partial charge in [-0.05, 0) is 87.1 Å². The number of amides is 2. The maximum Gasteiger partial charge on any atom is 0.419 e. The van der Waals surface area contributed by atoms with Crippen molar-refractivity contribution in [3.05, 3.63) is 136 Å². The number of nitrogens with zero attached hydrogens (tertiary/aromatic N) is 5. The van der Waals surface area contributed by atoms with Crippen molar-refractivity contribution in [1.29, 1.82) is 0 Å². The van der Waals surface area contributed by atoms with Gasteiger partial charge in [-0.1, -0.05) is 48.5 Å². The molecule has 5 rings (SSSR count). The number of rotatable bonds is 15. The molecule has 1 unspecified atom stereocenters. The number of likely N-dealkylation sites (N-methyl/N-ethyl adjacent to an activating group) is 1. The van der Waals surface area contributed by atoms with Crippen molar-refractivity contribution in [3.8, 4) is 11.4 Å². The number of hydrogen-bond acceptors (Lipinski definition) is 7. The van der Waals surface area contributed by atoms with Gasteiger partial charge in [0.2, 0.25) is 5.91 Å². The van der Waals surface area contributed by atoms with Crippen LogP contribution in [0.4, 0.5) is 22.4 Å². The quantitative estimate of drug-likeness (QED) is 0.104. The molecule has 4 aromatic carbocycles. The normalized spacial score (nSPS) is 12.1. The summed E-state index contributed by atoms with van der Waals surface area (Å²) in [6.07, 6.45) is -5.91. The number of para-hydroxylation sites is 1. The Balaban J connectivity index is 1.60. The summed E-state index contributed by atoms with van der Waals surface area (Å²) in [5.41, 5.74) is -0.214. The lowest BCUT2D eigenvalue weighted by Crippen LogP contribution is -2.44. The van der Waals surface area contributed by atoms with Gasteiger partial charge in [-0.2, -0.15) is 13.2 Å². The fraction of sp³-hybridized carbons (Fsp3) is 0.317. The lowest BCUT2D eigenvalue weighted by molar-refractivity contribution is -0.140. The molecule has 2 amide bonds. The van der Waals surface area contributed by atoms with Gasteiger partial charge in [0.1, 0.15) is 24.0 Å². The lowest BCUT2D eigenvalue weighted by atomic mass is 10.0. The SMILES string of the molecule is CCOc1ccc(-n2c(C(CCN(C)C(=O)OCc3ccccc3)N(CCN(C)C)C(=O)Cc3ccc(C(F)(F)F)c(F)c3)nc3ccccc3c2=O)cc1. The number of benzene rings is 4. The summed E-state index contributed by atoms with van der Waals surface area (Å²) in [7, 11) is 5.17. The van der Waals surface area contributed by atoms with Crippen molar-refractivity contribution < 1.29 is 36.6 Å². The van der Waals surface area contributed by atoms with Gasteiger partial charge in [-0.3, -0.25) is 14.2 Å². The van der Waals surface area contributed by atoms with Gasteiger partial charge in [-0.15, -0.1) is 0 Å². The number of fused-ring (bicyclic) bond motifs is 1. The second kappa shape index (κ2) is 18.0. The van der Waals surface area contributed by atoms with Crippen LogP contribution in [-0.2, 0) is 28.7 Å². The number of halogens is 4. The van der Waals surface area contributed by atoms with Crippen LogP contribution in [0, 0.1) is 5.82 Å². The van der Waals surface area contributed by atoms with Gasteiger partial charge in [0.25, 0.3) is 5.56 Å². The maximum atomic E-state index is 14.7. The van der Waals surface area contributed by atoms with E-state index in [1.165, 1.54) is 14.4 Å². The molecule has 0 aliphatic heterocycles. The van der Waals surface area contributed by atoms with Gasteiger partial charge in [-0.25, -0.2) is 14.2 Å². The fourth-order valence-electron chi connectivity index (χ4n) is 6.08. The Hall–Kier alpha value is -5.76. The highest BCUT2D eigenvalue weighted by atomic mass is 19.4. The van der Waals surface area contributed by atoms with Crippen molar-refractivity contribution in [2.75, 3.05) is 47.4 Å². The van der Waals surface area contributed by atoms with E-state index in [1.54, 1.807) is 55.6 Å². The molecular formula is C41H43F4N5O5. The van der Waals surface area contributed by atoms with E-state index in [4.69, 9.17) is 14.5 Å². The predicted molar refractivity (Wildman–Crippen MR) is 200 cm³/mol. The molecular weight excluding hydrogens is 718 g/mol. The van der Waals surface area contributed by atoms with Crippen molar-refractivity contribution in [1.82, 2.24) is 24.3 Å². The number of carbonyl (C=O) groups excluding carboxylic acids is 2. The van der Waals surface area contributed by atoms with Gasteiger partial charge >= 0.3 is 12.3 Å². The summed E-state index contributed by atoms with van der Waals surface area (Å²) in [6, 6.07) is 24.2. The van der Waals surface area contributed by atoms with Gasteiger partial charge < -0.3 is 24.2 Å². The molecule has 10 nitrogen and oxygen atoms in total. The molecule has 290 valence electrons. The molecule has 0 aliphatic carbocycles. The first-order chi connectivity index (χ1) is 26.3. The van der Waals surface area contributed by atoms with Crippen LogP contribution in [0.25, 0.3) is 16.6 Å². The lowest BCUT2D eigenvalue weighted by Gasteiger charge is -2.35. The Kier molecular flexibility index (Phi) is 13.3. The van der Waals surface area contributed by atoms with E-state index >= 15 is 0 Å². The topological polar surface area (TPSA) is 97.2 Å². The molecule has 5 aromatic rings. The molecule has 0 bridgehead atoms. The summed E-state index contributed by atoms with van der Waals surface area (Å²) in [6.45, 7) is 2.80. The van der Waals surface area contributed by atoms with Gasteiger partial charge in [0.15, 0.2) is 0 Å². The monoisotopic (exact) mass is 761 g/mol. The summed E-state index contributed by atoms with van der Waals surface area (Å²) in [4.78, 5) is 51.6. The molecule has 0 saturated heterocycles. The van der Waals surface area contributed by atoms with Crippen LogP contribution in [0.3, 0.4) is 0 Å². The van der Waals surface area contributed by atoms with E-state index < -0.39 is 47.6 Å². The third-order valence-corrected chi connectivity index (χ3v) is 8.94. The van der Waals surface area contributed by atoms with Gasteiger partial charge in [0, 0.05) is 26.7 Å². The highest BCUT2D eigenvalue weighted by Gasteiger charge is 2.35. The van der Waals surface area contributed by atoms with Crippen LogP contribution in [0.15, 0.2) is 102 Å². The molecule has 0 aliphatic rings. The van der Waals surface area contributed by atoms with Crippen LogP contribution in [0.5, 0.6) is 5.75 Å². The third kappa shape index (κ3) is 10.3. The minimum Gasteiger partial charge on any atom is -0.494 e. The van der Waals surface area contributed by atoms with E-state index in [0.717, 1.165) is 11.6 Å².